The van der Waals surface area contributed by atoms with E-state index < -0.39 is 0 Å². The number of hydrogen-bond acceptors (Lipinski definition) is 2. The highest BCUT2D eigenvalue weighted by molar-refractivity contribution is 6.04. The molecule has 0 radical (unpaired) electrons. The first kappa shape index (κ1) is 15.1. The van der Waals surface area contributed by atoms with Gasteiger partial charge >= 0.3 is 0 Å². The summed E-state index contributed by atoms with van der Waals surface area (Å²) in [5, 5.41) is 2.99. The van der Waals surface area contributed by atoms with Gasteiger partial charge in [0.1, 0.15) is 5.69 Å². The summed E-state index contributed by atoms with van der Waals surface area (Å²) >= 11 is 0. The number of aryl methyl sites for hydroxylation is 1. The van der Waals surface area contributed by atoms with Crippen LogP contribution in [0.5, 0.6) is 0 Å². The molecule has 0 aliphatic heterocycles. The minimum absolute atomic E-state index is 0.0869. The number of carbonyl (C=O) groups excluding carboxylic acids is 2. The highest BCUT2D eigenvalue weighted by Crippen LogP contribution is 2.26. The first-order chi connectivity index (χ1) is 10.7. The number of H-pyrrole nitrogens is 1. The Labute approximate surface area is 131 Å². The molecule has 0 spiro atoms. The van der Waals surface area contributed by atoms with Crippen LogP contribution in [-0.2, 0) is 6.42 Å². The molecule has 1 aromatic rings. The van der Waals surface area contributed by atoms with Gasteiger partial charge in [-0.1, -0.05) is 11.6 Å². The average Bonchev–Trinajstić information content (AvgIpc) is 2.87. The molecule has 0 unspecified atom stereocenters. The summed E-state index contributed by atoms with van der Waals surface area (Å²) in [5.41, 5.74) is 4.54. The smallest absolute Gasteiger partial charge is 0.268 e. The van der Waals surface area contributed by atoms with Gasteiger partial charge in [0.15, 0.2) is 5.78 Å². The molecule has 22 heavy (non-hydrogen) atoms. The van der Waals surface area contributed by atoms with Crippen LogP contribution in [0.25, 0.3) is 0 Å². The second-order valence-electron chi connectivity index (χ2n) is 6.37. The molecule has 2 N–H and O–H groups in total. The second-order valence-corrected chi connectivity index (χ2v) is 6.37. The second kappa shape index (κ2) is 6.51. The van der Waals surface area contributed by atoms with Gasteiger partial charge in [-0.05, 0) is 57.4 Å². The summed E-state index contributed by atoms with van der Waals surface area (Å²) in [5.74, 6) is 0.0810. The number of hydrogen-bond donors (Lipinski definition) is 2. The lowest BCUT2D eigenvalue weighted by atomic mass is 9.94. The van der Waals surface area contributed by atoms with Gasteiger partial charge in [-0.3, -0.25) is 9.59 Å². The third-order valence-corrected chi connectivity index (χ3v) is 4.78. The SMILES string of the molecule is Cc1c(C(=O)NCCC2=CCCCC2)[nH]c2c1C(=O)CCC2. The first-order valence-electron chi connectivity index (χ1n) is 8.37. The number of carbonyl (C=O) groups is 2. The van der Waals surface area contributed by atoms with Crippen molar-refractivity contribution in [3.05, 3.63) is 34.2 Å². The van der Waals surface area contributed by atoms with E-state index in [1.807, 2.05) is 6.92 Å². The van der Waals surface area contributed by atoms with Gasteiger partial charge in [0.25, 0.3) is 5.91 Å². The summed E-state index contributed by atoms with van der Waals surface area (Å²) in [7, 11) is 0. The maximum Gasteiger partial charge on any atom is 0.268 e. The van der Waals surface area contributed by atoms with E-state index in [9.17, 15) is 9.59 Å². The van der Waals surface area contributed by atoms with Crippen molar-refractivity contribution in [1.29, 1.82) is 0 Å². The van der Waals surface area contributed by atoms with Crippen molar-refractivity contribution in [2.75, 3.05) is 6.54 Å². The molecule has 3 rings (SSSR count). The number of fused-ring (bicyclic) bond motifs is 1. The largest absolute Gasteiger partial charge is 0.354 e. The molecule has 2 aliphatic carbocycles. The van der Waals surface area contributed by atoms with Gasteiger partial charge in [0, 0.05) is 24.2 Å². The van der Waals surface area contributed by atoms with E-state index in [1.165, 1.54) is 31.3 Å². The molecule has 1 aromatic heterocycles. The molecule has 0 bridgehead atoms. The van der Waals surface area contributed by atoms with E-state index in [2.05, 4.69) is 16.4 Å². The lowest BCUT2D eigenvalue weighted by molar-refractivity contribution is 0.0948. The van der Waals surface area contributed by atoms with Gasteiger partial charge in [0.2, 0.25) is 0 Å². The van der Waals surface area contributed by atoms with Crippen molar-refractivity contribution >= 4 is 11.7 Å². The zero-order chi connectivity index (χ0) is 15.5. The van der Waals surface area contributed by atoms with Crippen molar-refractivity contribution in [1.82, 2.24) is 10.3 Å². The third kappa shape index (κ3) is 3.01. The van der Waals surface area contributed by atoms with Crippen LogP contribution in [0.3, 0.4) is 0 Å². The van der Waals surface area contributed by atoms with E-state index in [0.717, 1.165) is 36.1 Å². The summed E-state index contributed by atoms with van der Waals surface area (Å²) < 4.78 is 0. The van der Waals surface area contributed by atoms with Crippen LogP contribution in [-0.4, -0.2) is 23.2 Å². The predicted octanol–water partition coefficient (Wildman–Crippen LogP) is 3.46. The van der Waals surface area contributed by atoms with Crippen molar-refractivity contribution < 1.29 is 9.59 Å². The quantitative estimate of drug-likeness (QED) is 0.836. The lowest BCUT2D eigenvalue weighted by Crippen LogP contribution is -2.26. The van der Waals surface area contributed by atoms with Gasteiger partial charge in [-0.25, -0.2) is 0 Å². The predicted molar refractivity (Wildman–Crippen MR) is 86.3 cm³/mol. The molecular formula is C18H24N2O2. The zero-order valence-electron chi connectivity index (χ0n) is 13.3. The average molecular weight is 300 g/mol. The lowest BCUT2D eigenvalue weighted by Gasteiger charge is -2.12. The van der Waals surface area contributed by atoms with Gasteiger partial charge in [-0.15, -0.1) is 0 Å². The fourth-order valence-electron chi connectivity index (χ4n) is 3.56. The Morgan fingerprint density at radius 1 is 1.23 bits per heavy atom. The van der Waals surface area contributed by atoms with Crippen molar-refractivity contribution in [2.45, 2.75) is 58.3 Å². The summed E-state index contributed by atoms with van der Waals surface area (Å²) in [6.07, 6.45) is 10.5. The first-order valence-corrected chi connectivity index (χ1v) is 8.37. The standard InChI is InChI=1S/C18H24N2O2/c1-12-16-14(8-5-9-15(16)21)20-17(12)18(22)19-11-10-13-6-3-2-4-7-13/h6,20H,2-5,7-11H2,1H3,(H,19,22). The van der Waals surface area contributed by atoms with Gasteiger partial charge in [0.05, 0.1) is 0 Å². The van der Waals surface area contributed by atoms with Crippen molar-refractivity contribution in [3.8, 4) is 0 Å². The highest BCUT2D eigenvalue weighted by Gasteiger charge is 2.26. The van der Waals surface area contributed by atoms with Crippen molar-refractivity contribution in [3.63, 3.8) is 0 Å². The van der Waals surface area contributed by atoms with E-state index in [4.69, 9.17) is 0 Å². The number of aromatic amines is 1. The Kier molecular flexibility index (Phi) is 4.46. The normalized spacial score (nSPS) is 17.9. The number of rotatable bonds is 4. The Morgan fingerprint density at radius 3 is 2.82 bits per heavy atom. The van der Waals surface area contributed by atoms with Crippen LogP contribution in [0.1, 0.15) is 77.0 Å². The molecular weight excluding hydrogens is 276 g/mol. The zero-order valence-corrected chi connectivity index (χ0v) is 13.3. The van der Waals surface area contributed by atoms with Crippen molar-refractivity contribution in [2.24, 2.45) is 0 Å². The molecule has 118 valence electrons. The molecule has 0 fully saturated rings. The van der Waals surface area contributed by atoms with E-state index in [1.54, 1.807) is 0 Å². The maximum absolute atomic E-state index is 12.4. The monoisotopic (exact) mass is 300 g/mol. The molecule has 0 atom stereocenters. The van der Waals surface area contributed by atoms with Crippen LogP contribution in [0, 0.1) is 6.92 Å². The van der Waals surface area contributed by atoms with Gasteiger partial charge < -0.3 is 10.3 Å². The maximum atomic E-state index is 12.4. The topological polar surface area (TPSA) is 62.0 Å². The molecule has 0 saturated carbocycles. The Hall–Kier alpha value is -1.84. The molecule has 1 heterocycles. The number of Topliss-reactive ketones (excluding diaryl/α,β-unsaturated/α-hetero) is 1. The minimum Gasteiger partial charge on any atom is -0.354 e. The number of amides is 1. The molecule has 1 amide bonds. The van der Waals surface area contributed by atoms with Crippen LogP contribution < -0.4 is 5.32 Å². The fourth-order valence-corrected chi connectivity index (χ4v) is 3.56. The van der Waals surface area contributed by atoms with E-state index in [-0.39, 0.29) is 11.7 Å². The summed E-state index contributed by atoms with van der Waals surface area (Å²) in [6, 6.07) is 0. The molecule has 2 aliphatic rings. The molecule has 0 aromatic carbocycles. The molecule has 0 saturated heterocycles. The summed E-state index contributed by atoms with van der Waals surface area (Å²) in [6.45, 7) is 2.54. The molecule has 4 heteroatoms. The van der Waals surface area contributed by atoms with Crippen LogP contribution in [0.2, 0.25) is 0 Å². The number of nitrogens with one attached hydrogen (secondary N) is 2. The van der Waals surface area contributed by atoms with Crippen LogP contribution >= 0.6 is 0 Å². The highest BCUT2D eigenvalue weighted by atomic mass is 16.2. The van der Waals surface area contributed by atoms with Crippen LogP contribution in [0.4, 0.5) is 0 Å². The van der Waals surface area contributed by atoms with E-state index >= 15 is 0 Å². The number of aromatic nitrogens is 1. The summed E-state index contributed by atoms with van der Waals surface area (Å²) in [4.78, 5) is 27.5. The number of allylic oxidation sites excluding steroid dienone is 1. The van der Waals surface area contributed by atoms with Gasteiger partial charge in [-0.2, -0.15) is 0 Å². The minimum atomic E-state index is -0.0869. The van der Waals surface area contributed by atoms with E-state index in [0.29, 0.717) is 18.7 Å². The van der Waals surface area contributed by atoms with Crippen LogP contribution in [0.15, 0.2) is 11.6 Å². The number of ketones is 1. The molecule has 4 nitrogen and oxygen atoms in total. The Bertz CT molecular complexity index is 625. The Balaban J connectivity index is 1.63. The third-order valence-electron chi connectivity index (χ3n) is 4.78. The Morgan fingerprint density at radius 2 is 2.09 bits per heavy atom. The fraction of sp³-hybridized carbons (Fsp3) is 0.556.